The van der Waals surface area contributed by atoms with Gasteiger partial charge in [-0.05, 0) is 29.8 Å². The van der Waals surface area contributed by atoms with Gasteiger partial charge < -0.3 is 15.7 Å². The maximum absolute atomic E-state index is 13.6. The molecule has 134 valence electrons. The Morgan fingerprint density at radius 2 is 1.92 bits per heavy atom. The monoisotopic (exact) mass is 354 g/mol. The van der Waals surface area contributed by atoms with E-state index >= 15 is 0 Å². The Morgan fingerprint density at radius 1 is 1.15 bits per heavy atom. The van der Waals surface area contributed by atoms with Crippen LogP contribution in [0.15, 0.2) is 67.0 Å². The van der Waals surface area contributed by atoms with E-state index in [0.717, 1.165) is 5.56 Å². The van der Waals surface area contributed by atoms with Gasteiger partial charge in [0.15, 0.2) is 0 Å². The minimum absolute atomic E-state index is 0.0931. The molecule has 6 nitrogen and oxygen atoms in total. The van der Waals surface area contributed by atoms with Crippen LogP contribution in [0.5, 0.6) is 0 Å². The number of nitrogens with one attached hydrogen (secondary N) is 2. The first-order chi connectivity index (χ1) is 12.6. The van der Waals surface area contributed by atoms with Gasteiger partial charge in [-0.15, -0.1) is 0 Å². The van der Waals surface area contributed by atoms with E-state index in [0.29, 0.717) is 12.2 Å². The van der Waals surface area contributed by atoms with Gasteiger partial charge in [-0.3, -0.25) is 4.68 Å². The summed E-state index contributed by atoms with van der Waals surface area (Å²) in [7, 11) is 0. The summed E-state index contributed by atoms with van der Waals surface area (Å²) in [5.41, 5.74) is 1.82. The van der Waals surface area contributed by atoms with Crippen molar-refractivity contribution in [3.8, 4) is 0 Å². The normalized spacial score (nSPS) is 11.8. The van der Waals surface area contributed by atoms with Crippen LogP contribution in [-0.2, 0) is 6.54 Å². The zero-order chi connectivity index (χ0) is 18.4. The Labute approximate surface area is 150 Å². The maximum atomic E-state index is 13.6. The first-order valence-electron chi connectivity index (χ1n) is 8.15. The summed E-state index contributed by atoms with van der Waals surface area (Å²) in [6.07, 6.45) is 2.48. The van der Waals surface area contributed by atoms with Crippen LogP contribution in [0.4, 0.5) is 14.9 Å². The van der Waals surface area contributed by atoms with E-state index in [1.807, 2.05) is 24.4 Å². The fourth-order valence-electron chi connectivity index (χ4n) is 2.49. The van der Waals surface area contributed by atoms with Crippen LogP contribution >= 0.6 is 0 Å². The number of benzene rings is 2. The highest BCUT2D eigenvalue weighted by molar-refractivity contribution is 5.89. The molecule has 3 rings (SSSR count). The summed E-state index contributed by atoms with van der Waals surface area (Å²) >= 11 is 0. The van der Waals surface area contributed by atoms with Crippen LogP contribution in [0.3, 0.4) is 0 Å². The number of hydrogen-bond acceptors (Lipinski definition) is 3. The van der Waals surface area contributed by atoms with E-state index in [1.54, 1.807) is 35.1 Å². The van der Waals surface area contributed by atoms with Gasteiger partial charge in [0.05, 0.1) is 12.6 Å². The third-order valence-corrected chi connectivity index (χ3v) is 3.84. The number of aliphatic hydroxyl groups excluding tert-OH is 1. The molecule has 26 heavy (non-hydrogen) atoms. The van der Waals surface area contributed by atoms with Crippen molar-refractivity contribution in [1.29, 1.82) is 0 Å². The van der Waals surface area contributed by atoms with Gasteiger partial charge >= 0.3 is 6.03 Å². The smallest absolute Gasteiger partial charge is 0.319 e. The molecule has 0 aliphatic heterocycles. The molecule has 1 aromatic heterocycles. The van der Waals surface area contributed by atoms with Crippen molar-refractivity contribution in [3.63, 3.8) is 0 Å². The molecule has 1 heterocycles. The molecule has 1 unspecified atom stereocenters. The first kappa shape index (κ1) is 17.6. The second-order valence-electron chi connectivity index (χ2n) is 5.77. The number of rotatable bonds is 6. The number of urea groups is 1. The zero-order valence-electron chi connectivity index (χ0n) is 14.0. The molecule has 7 heteroatoms. The number of carbonyl (C=O) groups excluding carboxylic acids is 1. The standard InChI is InChI=1S/C19H19FN4O2/c20-17-5-2-1-4-16(17)18(25)12-21-19(26)23-15-8-6-14(7-9-15)13-24-11-3-10-22-24/h1-11,18,25H,12-13H2,(H2,21,23,26). The number of halogens is 1. The topological polar surface area (TPSA) is 79.2 Å². The lowest BCUT2D eigenvalue weighted by atomic mass is 10.1. The number of nitrogens with zero attached hydrogens (tertiary/aromatic N) is 2. The minimum Gasteiger partial charge on any atom is -0.386 e. The maximum Gasteiger partial charge on any atom is 0.319 e. The predicted octanol–water partition coefficient (Wildman–Crippen LogP) is 2.93. The van der Waals surface area contributed by atoms with Crippen LogP contribution in [-0.4, -0.2) is 27.5 Å². The molecule has 1 atom stereocenters. The summed E-state index contributed by atoms with van der Waals surface area (Å²) < 4.78 is 15.4. The Balaban J connectivity index is 1.49. The summed E-state index contributed by atoms with van der Waals surface area (Å²) in [4.78, 5) is 11.9. The van der Waals surface area contributed by atoms with E-state index in [9.17, 15) is 14.3 Å². The Morgan fingerprint density at radius 3 is 2.62 bits per heavy atom. The molecular weight excluding hydrogens is 335 g/mol. The van der Waals surface area contributed by atoms with Crippen LogP contribution < -0.4 is 10.6 Å². The summed E-state index contributed by atoms with van der Waals surface area (Å²) in [6.45, 7) is 0.554. The quantitative estimate of drug-likeness (QED) is 0.637. The molecule has 0 radical (unpaired) electrons. The Bertz CT molecular complexity index is 850. The molecule has 0 aliphatic carbocycles. The van der Waals surface area contributed by atoms with Gasteiger partial charge in [0.25, 0.3) is 0 Å². The molecule has 0 fully saturated rings. The molecule has 3 N–H and O–H groups in total. The van der Waals surface area contributed by atoms with E-state index < -0.39 is 18.0 Å². The largest absolute Gasteiger partial charge is 0.386 e. The second kappa shape index (κ2) is 8.26. The number of anilines is 1. The highest BCUT2D eigenvalue weighted by Crippen LogP contribution is 2.16. The second-order valence-corrected chi connectivity index (χ2v) is 5.77. The number of aliphatic hydroxyl groups is 1. The van der Waals surface area contributed by atoms with Crippen LogP contribution in [0, 0.1) is 5.82 Å². The number of amides is 2. The molecule has 2 amide bonds. The fourth-order valence-corrected chi connectivity index (χ4v) is 2.49. The highest BCUT2D eigenvalue weighted by Gasteiger charge is 2.13. The Kier molecular flexibility index (Phi) is 5.60. The lowest BCUT2D eigenvalue weighted by Gasteiger charge is -2.13. The van der Waals surface area contributed by atoms with Crippen molar-refractivity contribution in [2.75, 3.05) is 11.9 Å². The van der Waals surface area contributed by atoms with Gasteiger partial charge in [-0.1, -0.05) is 30.3 Å². The lowest BCUT2D eigenvalue weighted by molar-refractivity contribution is 0.170. The van der Waals surface area contributed by atoms with Gasteiger partial charge in [0.1, 0.15) is 5.82 Å². The number of hydrogen-bond donors (Lipinski definition) is 3. The Hall–Kier alpha value is -3.19. The molecule has 2 aromatic carbocycles. The van der Waals surface area contributed by atoms with Crippen molar-refractivity contribution >= 4 is 11.7 Å². The summed E-state index contributed by atoms with van der Waals surface area (Å²) in [5.74, 6) is -0.505. The van der Waals surface area contributed by atoms with Crippen molar-refractivity contribution in [1.82, 2.24) is 15.1 Å². The SMILES string of the molecule is O=C(NCC(O)c1ccccc1F)Nc1ccc(Cn2cccn2)cc1. The minimum atomic E-state index is -1.11. The molecule has 0 saturated carbocycles. The van der Waals surface area contributed by atoms with E-state index in [-0.39, 0.29) is 12.1 Å². The summed E-state index contributed by atoms with van der Waals surface area (Å²) in [5, 5.41) is 19.3. The van der Waals surface area contributed by atoms with Gasteiger partial charge in [0.2, 0.25) is 0 Å². The average molecular weight is 354 g/mol. The zero-order valence-corrected chi connectivity index (χ0v) is 14.0. The summed E-state index contributed by atoms with van der Waals surface area (Å²) in [6, 6.07) is 14.7. The van der Waals surface area contributed by atoms with Crippen LogP contribution in [0.1, 0.15) is 17.2 Å². The highest BCUT2D eigenvalue weighted by atomic mass is 19.1. The third kappa shape index (κ3) is 4.67. The first-order valence-corrected chi connectivity index (χ1v) is 8.15. The number of carbonyl (C=O) groups is 1. The van der Waals surface area contributed by atoms with Crippen molar-refractivity contribution < 1.29 is 14.3 Å². The molecule has 3 aromatic rings. The predicted molar refractivity (Wildman–Crippen MR) is 96.2 cm³/mol. The number of aromatic nitrogens is 2. The average Bonchev–Trinajstić information content (AvgIpc) is 3.15. The van der Waals surface area contributed by atoms with Gasteiger partial charge in [-0.25, -0.2) is 9.18 Å². The fraction of sp³-hybridized carbons (Fsp3) is 0.158. The van der Waals surface area contributed by atoms with Gasteiger partial charge in [-0.2, -0.15) is 5.10 Å². The van der Waals surface area contributed by atoms with Gasteiger partial charge in [0, 0.05) is 30.2 Å². The lowest BCUT2D eigenvalue weighted by Crippen LogP contribution is -2.32. The molecule has 0 aliphatic rings. The molecule has 0 bridgehead atoms. The third-order valence-electron chi connectivity index (χ3n) is 3.84. The van der Waals surface area contributed by atoms with Crippen molar-refractivity contribution in [2.24, 2.45) is 0 Å². The van der Waals surface area contributed by atoms with E-state index in [1.165, 1.54) is 12.1 Å². The van der Waals surface area contributed by atoms with E-state index in [2.05, 4.69) is 15.7 Å². The van der Waals surface area contributed by atoms with Crippen LogP contribution in [0.25, 0.3) is 0 Å². The molecule has 0 saturated heterocycles. The van der Waals surface area contributed by atoms with Crippen LogP contribution in [0.2, 0.25) is 0 Å². The molecular formula is C19H19FN4O2. The van der Waals surface area contributed by atoms with E-state index in [4.69, 9.17) is 0 Å². The van der Waals surface area contributed by atoms with Crippen molar-refractivity contribution in [2.45, 2.75) is 12.6 Å². The van der Waals surface area contributed by atoms with Crippen molar-refractivity contribution in [3.05, 3.63) is 83.9 Å². The molecule has 0 spiro atoms.